The fraction of sp³-hybridized carbons (Fsp3) is 0. The van der Waals surface area contributed by atoms with E-state index in [-0.39, 0.29) is 0 Å². The molecule has 0 bridgehead atoms. The normalized spacial score (nSPS) is 9.25. The van der Waals surface area contributed by atoms with Crippen LogP contribution in [0.2, 0.25) is 0 Å². The van der Waals surface area contributed by atoms with Crippen LogP contribution in [0.15, 0.2) is 64.3 Å². The molecule has 3 heterocycles. The Morgan fingerprint density at radius 3 is 1.50 bits per heavy atom. The van der Waals surface area contributed by atoms with E-state index < -0.39 is 0 Å². The van der Waals surface area contributed by atoms with Gasteiger partial charge in [-0.25, -0.2) is 9.97 Å². The largest absolute Gasteiger partial charge is 0.441 e. The molecule has 80 valence electrons. The second-order valence-corrected chi connectivity index (χ2v) is 2.70. The summed E-state index contributed by atoms with van der Waals surface area (Å²) in [6.45, 7) is 0. The summed E-state index contributed by atoms with van der Waals surface area (Å²) >= 11 is 0. The molecule has 0 radical (unpaired) electrons. The zero-order valence-corrected chi connectivity index (χ0v) is 8.35. The third-order valence-electron chi connectivity index (χ3n) is 1.61. The predicted octanol–water partition coefficient (Wildman–Crippen LogP) is 2.41. The molecule has 3 aromatic rings. The topological polar surface area (TPSA) is 65.0 Å². The van der Waals surface area contributed by atoms with Crippen molar-refractivity contribution < 1.29 is 8.83 Å². The maximum Gasteiger partial charge on any atom is 0.283 e. The van der Waals surface area contributed by atoms with Gasteiger partial charge in [0.15, 0.2) is 0 Å². The van der Waals surface area contributed by atoms with Gasteiger partial charge in [0.1, 0.15) is 12.5 Å². The lowest BCUT2D eigenvalue weighted by molar-refractivity contribution is 0.510. The van der Waals surface area contributed by atoms with Crippen molar-refractivity contribution in [2.45, 2.75) is 0 Å². The van der Waals surface area contributed by atoms with Crippen LogP contribution in [0, 0.1) is 0 Å². The van der Waals surface area contributed by atoms with Crippen molar-refractivity contribution in [3.05, 3.63) is 55.5 Å². The van der Waals surface area contributed by atoms with E-state index in [0.717, 1.165) is 0 Å². The molecule has 0 fully saturated rings. The minimum Gasteiger partial charge on any atom is -0.441 e. The van der Waals surface area contributed by atoms with Crippen molar-refractivity contribution in [3.8, 4) is 11.8 Å². The zero-order chi connectivity index (χ0) is 11.1. The minimum atomic E-state index is 0.407. The van der Waals surface area contributed by atoms with Gasteiger partial charge < -0.3 is 8.83 Å². The SMILES string of the molecule is c1ccncc1.c1coc(-c2ncco2)n1. The molecule has 0 atom stereocenters. The number of oxazole rings is 2. The van der Waals surface area contributed by atoms with Crippen LogP contribution in [0.3, 0.4) is 0 Å². The summed E-state index contributed by atoms with van der Waals surface area (Å²) in [7, 11) is 0. The predicted molar refractivity (Wildman–Crippen MR) is 56.2 cm³/mol. The average molecular weight is 215 g/mol. The van der Waals surface area contributed by atoms with Gasteiger partial charge in [-0.1, -0.05) is 6.07 Å². The molecule has 0 N–H and O–H groups in total. The van der Waals surface area contributed by atoms with Crippen LogP contribution >= 0.6 is 0 Å². The Balaban J connectivity index is 0.000000138. The Labute approximate surface area is 91.8 Å². The van der Waals surface area contributed by atoms with Gasteiger partial charge in [-0.2, -0.15) is 0 Å². The quantitative estimate of drug-likeness (QED) is 0.623. The van der Waals surface area contributed by atoms with Gasteiger partial charge in [0.2, 0.25) is 0 Å². The molecule has 0 saturated heterocycles. The first-order valence-corrected chi connectivity index (χ1v) is 4.61. The molecule has 0 unspecified atom stereocenters. The first kappa shape index (κ1) is 10.1. The van der Waals surface area contributed by atoms with E-state index >= 15 is 0 Å². The number of pyridine rings is 1. The van der Waals surface area contributed by atoms with E-state index in [9.17, 15) is 0 Å². The molecule has 0 aromatic carbocycles. The summed E-state index contributed by atoms with van der Waals surface area (Å²) in [5.74, 6) is 0.815. The van der Waals surface area contributed by atoms with E-state index in [1.54, 1.807) is 24.8 Å². The maximum atomic E-state index is 4.91. The van der Waals surface area contributed by atoms with Crippen LogP contribution < -0.4 is 0 Å². The highest BCUT2D eigenvalue weighted by Crippen LogP contribution is 2.12. The van der Waals surface area contributed by atoms with Gasteiger partial charge in [-0.05, 0) is 12.1 Å². The summed E-state index contributed by atoms with van der Waals surface area (Å²) in [6.07, 6.45) is 9.53. The molecule has 16 heavy (non-hydrogen) atoms. The summed E-state index contributed by atoms with van der Waals surface area (Å²) in [5, 5.41) is 0. The Morgan fingerprint density at radius 1 is 0.688 bits per heavy atom. The lowest BCUT2D eigenvalue weighted by Gasteiger charge is -1.81. The van der Waals surface area contributed by atoms with Crippen LogP contribution in [0.1, 0.15) is 0 Å². The van der Waals surface area contributed by atoms with Crippen LogP contribution in [-0.2, 0) is 0 Å². The molecule has 0 saturated carbocycles. The fourth-order valence-corrected chi connectivity index (χ4v) is 0.971. The number of hydrogen-bond acceptors (Lipinski definition) is 5. The Kier molecular flexibility index (Phi) is 3.44. The molecule has 0 amide bonds. The summed E-state index contributed by atoms with van der Waals surface area (Å²) in [4.78, 5) is 11.5. The van der Waals surface area contributed by atoms with Gasteiger partial charge >= 0.3 is 0 Å². The van der Waals surface area contributed by atoms with E-state index in [0.29, 0.717) is 11.8 Å². The van der Waals surface area contributed by atoms with Crippen LogP contribution in [0.25, 0.3) is 11.8 Å². The standard InChI is InChI=1S/C6H4N2O2.C5H5N/c1-3-9-5(7-1)6-8-2-4-10-6;1-2-4-6-5-3-1/h1-4H;1-5H. The molecule has 3 rings (SSSR count). The second-order valence-electron chi connectivity index (χ2n) is 2.70. The molecular weight excluding hydrogens is 206 g/mol. The lowest BCUT2D eigenvalue weighted by Crippen LogP contribution is -1.72. The van der Waals surface area contributed by atoms with Gasteiger partial charge in [-0.3, -0.25) is 4.98 Å². The molecular formula is C11H9N3O2. The lowest BCUT2D eigenvalue weighted by atomic mass is 10.5. The molecule has 0 aliphatic heterocycles. The fourth-order valence-electron chi connectivity index (χ4n) is 0.971. The van der Waals surface area contributed by atoms with Gasteiger partial charge in [0, 0.05) is 12.4 Å². The van der Waals surface area contributed by atoms with E-state index in [1.165, 1.54) is 12.5 Å². The van der Waals surface area contributed by atoms with Gasteiger partial charge in [-0.15, -0.1) is 0 Å². The molecule has 0 spiro atoms. The van der Waals surface area contributed by atoms with Crippen LogP contribution in [0.5, 0.6) is 0 Å². The van der Waals surface area contributed by atoms with Crippen molar-refractivity contribution in [2.75, 3.05) is 0 Å². The first-order chi connectivity index (χ1) is 7.97. The van der Waals surface area contributed by atoms with Crippen molar-refractivity contribution in [2.24, 2.45) is 0 Å². The van der Waals surface area contributed by atoms with E-state index in [2.05, 4.69) is 15.0 Å². The van der Waals surface area contributed by atoms with Crippen molar-refractivity contribution in [1.82, 2.24) is 15.0 Å². The van der Waals surface area contributed by atoms with Gasteiger partial charge in [0.05, 0.1) is 12.4 Å². The summed E-state index contributed by atoms with van der Waals surface area (Å²) in [5.41, 5.74) is 0. The molecule has 0 aliphatic carbocycles. The van der Waals surface area contributed by atoms with Crippen LogP contribution in [-0.4, -0.2) is 15.0 Å². The van der Waals surface area contributed by atoms with Crippen LogP contribution in [0.4, 0.5) is 0 Å². The monoisotopic (exact) mass is 215 g/mol. The highest BCUT2D eigenvalue weighted by Gasteiger charge is 2.04. The molecule has 5 heteroatoms. The zero-order valence-electron chi connectivity index (χ0n) is 8.35. The second kappa shape index (κ2) is 5.45. The smallest absolute Gasteiger partial charge is 0.283 e. The Morgan fingerprint density at radius 2 is 1.25 bits per heavy atom. The van der Waals surface area contributed by atoms with Crippen molar-refractivity contribution in [1.29, 1.82) is 0 Å². The summed E-state index contributed by atoms with van der Waals surface area (Å²) in [6, 6.07) is 5.72. The molecule has 5 nitrogen and oxygen atoms in total. The number of aromatic nitrogens is 3. The van der Waals surface area contributed by atoms with E-state index in [1.807, 2.05) is 18.2 Å². The number of nitrogens with zero attached hydrogens (tertiary/aromatic N) is 3. The van der Waals surface area contributed by atoms with Crippen molar-refractivity contribution in [3.63, 3.8) is 0 Å². The molecule has 3 aromatic heterocycles. The average Bonchev–Trinajstić information content (AvgIpc) is 3.05. The highest BCUT2D eigenvalue weighted by molar-refractivity contribution is 5.35. The molecule has 0 aliphatic rings. The van der Waals surface area contributed by atoms with Gasteiger partial charge in [0.25, 0.3) is 11.8 Å². The Hall–Kier alpha value is -2.43. The number of rotatable bonds is 1. The Bertz CT molecular complexity index is 418. The van der Waals surface area contributed by atoms with E-state index in [4.69, 9.17) is 8.83 Å². The summed E-state index contributed by atoms with van der Waals surface area (Å²) < 4.78 is 9.82. The number of hydrogen-bond donors (Lipinski definition) is 0. The minimum absolute atomic E-state index is 0.407. The third-order valence-corrected chi connectivity index (χ3v) is 1.61. The highest BCUT2D eigenvalue weighted by atomic mass is 16.4. The maximum absolute atomic E-state index is 4.91. The van der Waals surface area contributed by atoms with Crippen molar-refractivity contribution >= 4 is 0 Å². The first-order valence-electron chi connectivity index (χ1n) is 4.61. The third kappa shape index (κ3) is 2.78.